The molecule has 1 aromatic carbocycles. The predicted molar refractivity (Wildman–Crippen MR) is 65.9 cm³/mol. The molecule has 0 radical (unpaired) electrons. The SMILES string of the molecule is CCC1CNc2cc(S(=O)(=O)NC)ccc2O1. The number of nitrogens with one attached hydrogen (secondary N) is 2. The van der Waals surface area contributed by atoms with Gasteiger partial charge < -0.3 is 10.1 Å². The topological polar surface area (TPSA) is 67.4 Å². The molecule has 0 amide bonds. The van der Waals surface area contributed by atoms with Crippen molar-refractivity contribution < 1.29 is 13.2 Å². The zero-order valence-electron chi connectivity index (χ0n) is 9.86. The Kier molecular flexibility index (Phi) is 3.26. The molecule has 0 fully saturated rings. The lowest BCUT2D eigenvalue weighted by atomic mass is 10.2. The Bertz CT molecular complexity index is 513. The molecule has 5 nitrogen and oxygen atoms in total. The fraction of sp³-hybridized carbons (Fsp3) is 0.455. The average molecular weight is 256 g/mol. The minimum atomic E-state index is -3.40. The molecule has 94 valence electrons. The van der Waals surface area contributed by atoms with Gasteiger partial charge in [-0.2, -0.15) is 0 Å². The van der Waals surface area contributed by atoms with Gasteiger partial charge in [-0.15, -0.1) is 0 Å². The molecule has 0 spiro atoms. The van der Waals surface area contributed by atoms with Crippen molar-refractivity contribution in [2.24, 2.45) is 0 Å². The third kappa shape index (κ3) is 2.37. The fourth-order valence-corrected chi connectivity index (χ4v) is 2.46. The standard InChI is InChI=1S/C11H16N2O3S/c1-3-8-7-13-10-6-9(17(14,15)12-2)4-5-11(10)16-8/h4-6,8,12-13H,3,7H2,1-2H3. The number of fused-ring (bicyclic) bond motifs is 1. The van der Waals surface area contributed by atoms with Crippen molar-refractivity contribution in [2.75, 3.05) is 18.9 Å². The Hall–Kier alpha value is -1.27. The zero-order valence-corrected chi connectivity index (χ0v) is 10.7. The number of rotatable bonds is 3. The van der Waals surface area contributed by atoms with Crippen LogP contribution >= 0.6 is 0 Å². The van der Waals surface area contributed by atoms with Gasteiger partial charge in [0.2, 0.25) is 10.0 Å². The first-order valence-corrected chi connectivity index (χ1v) is 7.03. The Morgan fingerprint density at radius 3 is 2.94 bits per heavy atom. The maximum absolute atomic E-state index is 11.6. The molecule has 1 aliphatic rings. The van der Waals surface area contributed by atoms with E-state index in [1.165, 1.54) is 7.05 Å². The number of sulfonamides is 1. The third-order valence-electron chi connectivity index (χ3n) is 2.80. The number of hydrogen-bond acceptors (Lipinski definition) is 4. The van der Waals surface area contributed by atoms with Crippen molar-refractivity contribution in [3.8, 4) is 5.75 Å². The van der Waals surface area contributed by atoms with Crippen LogP contribution in [0.3, 0.4) is 0 Å². The minimum Gasteiger partial charge on any atom is -0.486 e. The van der Waals surface area contributed by atoms with E-state index in [0.717, 1.165) is 12.1 Å². The van der Waals surface area contributed by atoms with E-state index in [4.69, 9.17) is 4.74 Å². The van der Waals surface area contributed by atoms with E-state index in [-0.39, 0.29) is 11.0 Å². The molecule has 1 aromatic rings. The Balaban J connectivity index is 2.34. The highest BCUT2D eigenvalue weighted by Gasteiger charge is 2.20. The van der Waals surface area contributed by atoms with Gasteiger partial charge in [-0.25, -0.2) is 13.1 Å². The van der Waals surface area contributed by atoms with Crippen LogP contribution in [0.2, 0.25) is 0 Å². The van der Waals surface area contributed by atoms with Gasteiger partial charge in [0.15, 0.2) is 0 Å². The highest BCUT2D eigenvalue weighted by molar-refractivity contribution is 7.89. The van der Waals surface area contributed by atoms with Crippen LogP contribution in [0, 0.1) is 0 Å². The molecule has 6 heteroatoms. The second-order valence-electron chi connectivity index (χ2n) is 3.89. The first kappa shape index (κ1) is 12.2. The number of anilines is 1. The van der Waals surface area contributed by atoms with Crippen LogP contribution in [-0.4, -0.2) is 28.1 Å². The molecule has 1 aliphatic heterocycles. The van der Waals surface area contributed by atoms with Crippen LogP contribution in [-0.2, 0) is 10.0 Å². The molecule has 0 saturated carbocycles. The number of hydrogen-bond donors (Lipinski definition) is 2. The summed E-state index contributed by atoms with van der Waals surface area (Å²) in [5.74, 6) is 0.707. The Morgan fingerprint density at radius 1 is 1.53 bits per heavy atom. The van der Waals surface area contributed by atoms with Gasteiger partial charge >= 0.3 is 0 Å². The van der Waals surface area contributed by atoms with Crippen molar-refractivity contribution in [1.82, 2.24) is 4.72 Å². The summed E-state index contributed by atoms with van der Waals surface area (Å²) < 4.78 is 31.2. The lowest BCUT2D eigenvalue weighted by Crippen LogP contribution is -2.30. The zero-order chi connectivity index (χ0) is 12.5. The van der Waals surface area contributed by atoms with Crippen LogP contribution in [0.25, 0.3) is 0 Å². The molecule has 2 N–H and O–H groups in total. The largest absolute Gasteiger partial charge is 0.486 e. The Labute approximate surface area is 101 Å². The summed E-state index contributed by atoms with van der Waals surface area (Å²) in [6.45, 7) is 2.75. The van der Waals surface area contributed by atoms with Gasteiger partial charge in [-0.3, -0.25) is 0 Å². The van der Waals surface area contributed by atoms with E-state index in [2.05, 4.69) is 17.0 Å². The summed E-state index contributed by atoms with van der Waals surface area (Å²) >= 11 is 0. The molecule has 0 saturated heterocycles. The van der Waals surface area contributed by atoms with Crippen LogP contribution in [0.5, 0.6) is 5.75 Å². The second-order valence-corrected chi connectivity index (χ2v) is 5.78. The monoisotopic (exact) mass is 256 g/mol. The van der Waals surface area contributed by atoms with E-state index >= 15 is 0 Å². The molecular formula is C11H16N2O3S. The summed E-state index contributed by atoms with van der Waals surface area (Å²) in [5.41, 5.74) is 0.728. The number of ether oxygens (including phenoxy) is 1. The van der Waals surface area contributed by atoms with E-state index < -0.39 is 10.0 Å². The fourth-order valence-electron chi connectivity index (χ4n) is 1.71. The molecule has 17 heavy (non-hydrogen) atoms. The highest BCUT2D eigenvalue weighted by Crippen LogP contribution is 2.31. The minimum absolute atomic E-state index is 0.147. The molecule has 1 atom stereocenters. The van der Waals surface area contributed by atoms with E-state index in [0.29, 0.717) is 12.3 Å². The molecule has 0 bridgehead atoms. The molecule has 0 aromatic heterocycles. The average Bonchev–Trinajstić information content (AvgIpc) is 2.37. The van der Waals surface area contributed by atoms with Gasteiger partial charge in [-0.1, -0.05) is 6.92 Å². The van der Waals surface area contributed by atoms with Gasteiger partial charge in [0.05, 0.1) is 17.1 Å². The van der Waals surface area contributed by atoms with Gasteiger partial charge in [0, 0.05) is 0 Å². The normalized spacial score (nSPS) is 19.1. The van der Waals surface area contributed by atoms with Gasteiger partial charge in [0.1, 0.15) is 11.9 Å². The van der Waals surface area contributed by atoms with E-state index in [1.54, 1.807) is 18.2 Å². The van der Waals surface area contributed by atoms with Crippen LogP contribution in [0.15, 0.2) is 23.1 Å². The smallest absolute Gasteiger partial charge is 0.240 e. The van der Waals surface area contributed by atoms with Crippen LogP contribution < -0.4 is 14.8 Å². The molecule has 1 unspecified atom stereocenters. The summed E-state index contributed by atoms with van der Waals surface area (Å²) in [4.78, 5) is 0.241. The lowest BCUT2D eigenvalue weighted by Gasteiger charge is -2.26. The van der Waals surface area contributed by atoms with Crippen LogP contribution in [0.4, 0.5) is 5.69 Å². The quantitative estimate of drug-likeness (QED) is 0.852. The van der Waals surface area contributed by atoms with E-state index in [1.807, 2.05) is 0 Å². The molecule has 2 rings (SSSR count). The molecule has 0 aliphatic carbocycles. The first-order valence-electron chi connectivity index (χ1n) is 5.55. The van der Waals surface area contributed by atoms with Crippen molar-refractivity contribution in [2.45, 2.75) is 24.3 Å². The summed E-state index contributed by atoms with van der Waals surface area (Å²) in [5, 5.41) is 3.18. The van der Waals surface area contributed by atoms with Gasteiger partial charge in [-0.05, 0) is 31.7 Å². The number of benzene rings is 1. The lowest BCUT2D eigenvalue weighted by molar-refractivity contribution is 0.201. The van der Waals surface area contributed by atoms with E-state index in [9.17, 15) is 8.42 Å². The summed E-state index contributed by atoms with van der Waals surface area (Å²) in [6, 6.07) is 4.83. The van der Waals surface area contributed by atoms with Crippen molar-refractivity contribution in [3.05, 3.63) is 18.2 Å². The van der Waals surface area contributed by atoms with Crippen molar-refractivity contribution in [3.63, 3.8) is 0 Å². The summed E-state index contributed by atoms with van der Waals surface area (Å²) in [6.07, 6.45) is 1.07. The first-order chi connectivity index (χ1) is 8.06. The van der Waals surface area contributed by atoms with Crippen molar-refractivity contribution in [1.29, 1.82) is 0 Å². The summed E-state index contributed by atoms with van der Waals surface area (Å²) in [7, 11) is -2.00. The maximum Gasteiger partial charge on any atom is 0.240 e. The second kappa shape index (κ2) is 4.54. The highest BCUT2D eigenvalue weighted by atomic mass is 32.2. The Morgan fingerprint density at radius 2 is 2.29 bits per heavy atom. The maximum atomic E-state index is 11.6. The van der Waals surface area contributed by atoms with Gasteiger partial charge in [0.25, 0.3) is 0 Å². The molecular weight excluding hydrogens is 240 g/mol. The van der Waals surface area contributed by atoms with Crippen molar-refractivity contribution >= 4 is 15.7 Å². The third-order valence-corrected chi connectivity index (χ3v) is 4.21. The predicted octanol–water partition coefficient (Wildman–Crippen LogP) is 1.18. The van der Waals surface area contributed by atoms with Crippen LogP contribution in [0.1, 0.15) is 13.3 Å². The molecule has 1 heterocycles.